The van der Waals surface area contributed by atoms with Crippen LogP contribution >= 0.6 is 11.3 Å². The molecule has 29 heavy (non-hydrogen) atoms. The largest absolute Gasteiger partial charge is 0.494 e. The number of nitrogens with zero attached hydrogens (tertiary/aromatic N) is 3. The van der Waals surface area contributed by atoms with Crippen molar-refractivity contribution in [3.05, 3.63) is 85.4 Å². The molecule has 146 valence electrons. The summed E-state index contributed by atoms with van der Waals surface area (Å²) in [7, 11) is 0. The van der Waals surface area contributed by atoms with Gasteiger partial charge in [-0.1, -0.05) is 67.1 Å². The van der Waals surface area contributed by atoms with Crippen LogP contribution < -0.4 is 20.4 Å². The van der Waals surface area contributed by atoms with Crippen molar-refractivity contribution in [3.63, 3.8) is 0 Å². The maximum atomic E-state index is 12.8. The lowest BCUT2D eigenvalue weighted by atomic mass is 10.2. The summed E-state index contributed by atoms with van der Waals surface area (Å²) in [6.07, 6.45) is 3.87. The number of benzene rings is 2. The quantitative estimate of drug-likeness (QED) is 0.461. The lowest BCUT2D eigenvalue weighted by molar-refractivity contribution is 0.309. The van der Waals surface area contributed by atoms with Crippen LogP contribution in [0.5, 0.6) is 5.75 Å². The summed E-state index contributed by atoms with van der Waals surface area (Å²) < 4.78 is 7.32. The highest BCUT2D eigenvalue weighted by Gasteiger charge is 2.12. The molecule has 4 rings (SSSR count). The van der Waals surface area contributed by atoms with Crippen molar-refractivity contribution in [2.75, 3.05) is 6.61 Å². The van der Waals surface area contributed by atoms with E-state index in [2.05, 4.69) is 17.0 Å². The fraction of sp³-hybridized carbons (Fsp3) is 0.182. The van der Waals surface area contributed by atoms with Gasteiger partial charge in [0, 0.05) is 5.56 Å². The van der Waals surface area contributed by atoms with Gasteiger partial charge in [0.15, 0.2) is 5.69 Å². The summed E-state index contributed by atoms with van der Waals surface area (Å²) in [4.78, 5) is 29.5. The highest BCUT2D eigenvalue weighted by atomic mass is 32.1. The summed E-state index contributed by atoms with van der Waals surface area (Å²) in [6, 6.07) is 16.6. The third-order valence-electron chi connectivity index (χ3n) is 4.38. The van der Waals surface area contributed by atoms with Gasteiger partial charge in [-0.3, -0.25) is 9.59 Å². The molecule has 2 aromatic heterocycles. The minimum Gasteiger partial charge on any atom is -0.494 e. The molecule has 0 fully saturated rings. The Balaban J connectivity index is 1.71. The highest BCUT2D eigenvalue weighted by Crippen LogP contribution is 2.14. The molecule has 4 aromatic rings. The lowest BCUT2D eigenvalue weighted by Crippen LogP contribution is -2.26. The number of fused-ring (bicyclic) bond motifs is 1. The van der Waals surface area contributed by atoms with Gasteiger partial charge in [0.2, 0.25) is 4.96 Å². The van der Waals surface area contributed by atoms with E-state index in [0.717, 1.165) is 35.5 Å². The number of rotatable bonds is 6. The fourth-order valence-electron chi connectivity index (χ4n) is 2.83. The molecule has 2 heterocycles. The zero-order chi connectivity index (χ0) is 20.2. The molecule has 0 spiro atoms. The van der Waals surface area contributed by atoms with Gasteiger partial charge in [0.1, 0.15) is 5.75 Å². The van der Waals surface area contributed by atoms with Gasteiger partial charge in [-0.05, 0) is 30.2 Å². The van der Waals surface area contributed by atoms with Gasteiger partial charge >= 0.3 is 5.56 Å². The number of unbranched alkanes of at least 4 members (excludes halogenated alkanes) is 1. The molecule has 2 aromatic carbocycles. The summed E-state index contributed by atoms with van der Waals surface area (Å²) in [5.41, 5.74) is 0.922. The molecule has 0 saturated carbocycles. The van der Waals surface area contributed by atoms with Crippen LogP contribution in [0.3, 0.4) is 0 Å². The molecule has 0 bridgehead atoms. The predicted molar refractivity (Wildman–Crippen MR) is 114 cm³/mol. The van der Waals surface area contributed by atoms with Crippen LogP contribution in [-0.2, 0) is 0 Å². The molecule has 7 heteroatoms. The van der Waals surface area contributed by atoms with Crippen LogP contribution in [0.15, 0.2) is 64.2 Å². The van der Waals surface area contributed by atoms with E-state index in [1.807, 2.05) is 42.5 Å². The summed E-state index contributed by atoms with van der Waals surface area (Å²) in [5, 5.41) is 4.26. The highest BCUT2D eigenvalue weighted by molar-refractivity contribution is 7.15. The van der Waals surface area contributed by atoms with Crippen molar-refractivity contribution in [1.82, 2.24) is 14.6 Å². The van der Waals surface area contributed by atoms with E-state index in [-0.39, 0.29) is 16.2 Å². The summed E-state index contributed by atoms with van der Waals surface area (Å²) in [6.45, 7) is 2.81. The molecule has 0 aliphatic heterocycles. The SMILES string of the molecule is CCCCOc1ccc(/C=c2\sc3nc(=O)c(-c4ccccc4)nn3c2=O)cc1. The van der Waals surface area contributed by atoms with E-state index in [1.165, 1.54) is 4.52 Å². The second kappa shape index (κ2) is 8.36. The van der Waals surface area contributed by atoms with Crippen molar-refractivity contribution >= 4 is 22.4 Å². The molecule has 0 N–H and O–H groups in total. The zero-order valence-corrected chi connectivity index (χ0v) is 16.7. The minimum absolute atomic E-state index is 0.165. The van der Waals surface area contributed by atoms with Crippen molar-refractivity contribution in [3.8, 4) is 17.0 Å². The topological polar surface area (TPSA) is 73.6 Å². The molecule has 0 radical (unpaired) electrons. The number of aromatic nitrogens is 3. The monoisotopic (exact) mass is 405 g/mol. The van der Waals surface area contributed by atoms with Crippen molar-refractivity contribution in [2.45, 2.75) is 19.8 Å². The number of hydrogen-bond donors (Lipinski definition) is 0. The maximum Gasteiger partial charge on any atom is 0.300 e. The number of hydrogen-bond acceptors (Lipinski definition) is 6. The van der Waals surface area contributed by atoms with Gasteiger partial charge in [-0.15, -0.1) is 0 Å². The van der Waals surface area contributed by atoms with E-state index in [4.69, 9.17) is 4.74 Å². The van der Waals surface area contributed by atoms with Crippen LogP contribution in [0.4, 0.5) is 0 Å². The molecule has 0 saturated heterocycles. The Bertz CT molecular complexity index is 1300. The zero-order valence-electron chi connectivity index (χ0n) is 15.9. The van der Waals surface area contributed by atoms with Gasteiger partial charge in [0.05, 0.1) is 11.1 Å². The first-order chi connectivity index (χ1) is 14.2. The fourth-order valence-corrected chi connectivity index (χ4v) is 3.74. The predicted octanol–water partition coefficient (Wildman–Crippen LogP) is 2.90. The normalized spacial score (nSPS) is 11.8. The van der Waals surface area contributed by atoms with Crippen molar-refractivity contribution < 1.29 is 4.74 Å². The van der Waals surface area contributed by atoms with Gasteiger partial charge in [-0.25, -0.2) is 0 Å². The first kappa shape index (κ1) is 19.0. The van der Waals surface area contributed by atoms with E-state index in [0.29, 0.717) is 16.7 Å². The van der Waals surface area contributed by atoms with Crippen molar-refractivity contribution in [1.29, 1.82) is 0 Å². The average Bonchev–Trinajstić information content (AvgIpc) is 3.04. The average molecular weight is 405 g/mol. The summed E-state index contributed by atoms with van der Waals surface area (Å²) in [5.74, 6) is 0.801. The second-order valence-electron chi connectivity index (χ2n) is 6.51. The van der Waals surface area contributed by atoms with Crippen LogP contribution in [-0.4, -0.2) is 21.2 Å². The number of ether oxygens (including phenoxy) is 1. The molecule has 0 atom stereocenters. The maximum absolute atomic E-state index is 12.8. The van der Waals surface area contributed by atoms with Gasteiger partial charge in [-0.2, -0.15) is 14.6 Å². The molecule has 0 unspecified atom stereocenters. The van der Waals surface area contributed by atoms with Crippen LogP contribution in [0, 0.1) is 0 Å². The van der Waals surface area contributed by atoms with Crippen LogP contribution in [0.1, 0.15) is 25.3 Å². The van der Waals surface area contributed by atoms with E-state index in [9.17, 15) is 9.59 Å². The van der Waals surface area contributed by atoms with Crippen LogP contribution in [0.25, 0.3) is 22.3 Å². The Labute approximate surface area is 170 Å². The first-order valence-corrected chi connectivity index (χ1v) is 10.2. The Kier molecular flexibility index (Phi) is 5.48. The van der Waals surface area contributed by atoms with E-state index >= 15 is 0 Å². The standard InChI is InChI=1S/C22H19N3O3S/c1-2-3-13-28-17-11-9-15(10-12-17)14-18-21(27)25-22(29-18)23-20(26)19(24-25)16-7-5-4-6-8-16/h4-12,14H,2-3,13H2,1H3/b18-14-. The third kappa shape index (κ3) is 4.09. The van der Waals surface area contributed by atoms with E-state index < -0.39 is 5.56 Å². The molecular weight excluding hydrogens is 386 g/mol. The lowest BCUT2D eigenvalue weighted by Gasteiger charge is -2.04. The third-order valence-corrected chi connectivity index (χ3v) is 5.34. The molecule has 0 aliphatic rings. The second-order valence-corrected chi connectivity index (χ2v) is 7.52. The van der Waals surface area contributed by atoms with E-state index in [1.54, 1.807) is 18.2 Å². The number of thiazole rings is 1. The van der Waals surface area contributed by atoms with Gasteiger partial charge in [0.25, 0.3) is 5.56 Å². The Morgan fingerprint density at radius 1 is 1.07 bits per heavy atom. The molecule has 0 amide bonds. The Hall–Kier alpha value is -3.32. The first-order valence-electron chi connectivity index (χ1n) is 9.39. The Morgan fingerprint density at radius 3 is 2.55 bits per heavy atom. The molecule has 6 nitrogen and oxygen atoms in total. The molecular formula is C22H19N3O3S. The summed E-state index contributed by atoms with van der Waals surface area (Å²) >= 11 is 1.15. The molecule has 0 aliphatic carbocycles. The minimum atomic E-state index is -0.447. The van der Waals surface area contributed by atoms with Crippen LogP contribution in [0.2, 0.25) is 0 Å². The van der Waals surface area contributed by atoms with Gasteiger partial charge < -0.3 is 4.74 Å². The van der Waals surface area contributed by atoms with Crippen molar-refractivity contribution in [2.24, 2.45) is 0 Å². The Morgan fingerprint density at radius 2 is 1.83 bits per heavy atom. The smallest absolute Gasteiger partial charge is 0.300 e.